The summed E-state index contributed by atoms with van der Waals surface area (Å²) >= 11 is 0. The summed E-state index contributed by atoms with van der Waals surface area (Å²) in [6, 6.07) is 0. The smallest absolute Gasteiger partial charge is 0.356 e. The maximum atomic E-state index is 11.3. The number of nitrogens with zero attached hydrogens (tertiary/aromatic N) is 2. The molecule has 18 heavy (non-hydrogen) atoms. The minimum Gasteiger partial charge on any atom is -0.476 e. The van der Waals surface area contributed by atoms with Gasteiger partial charge in [-0.3, -0.25) is 0 Å². The summed E-state index contributed by atoms with van der Waals surface area (Å²) in [7, 11) is 0. The monoisotopic (exact) mass is 250 g/mol. The van der Waals surface area contributed by atoms with E-state index in [9.17, 15) is 15.0 Å². The molecule has 0 amide bonds. The second kappa shape index (κ2) is 4.39. The van der Waals surface area contributed by atoms with Crippen molar-refractivity contribution in [3.05, 3.63) is 17.2 Å². The number of aliphatic hydroxyl groups is 1. The van der Waals surface area contributed by atoms with Crippen molar-refractivity contribution in [3.63, 3.8) is 0 Å². The molecule has 1 aromatic heterocycles. The Kier molecular flexibility index (Phi) is 2.86. The van der Waals surface area contributed by atoms with Gasteiger partial charge in [0.1, 0.15) is 5.82 Å². The lowest BCUT2D eigenvalue weighted by Crippen LogP contribution is -2.19. The van der Waals surface area contributed by atoms with Gasteiger partial charge in [0.05, 0.1) is 11.8 Å². The van der Waals surface area contributed by atoms with Crippen molar-refractivity contribution in [3.8, 4) is 0 Å². The van der Waals surface area contributed by atoms with E-state index in [1.54, 1.807) is 0 Å². The zero-order valence-corrected chi connectivity index (χ0v) is 10.3. The van der Waals surface area contributed by atoms with Gasteiger partial charge in [-0.25, -0.2) is 9.78 Å². The molecule has 0 aromatic carbocycles. The molecular formula is C13H18N2O3. The normalized spacial score (nSPS) is 24.2. The maximum Gasteiger partial charge on any atom is 0.356 e. The van der Waals surface area contributed by atoms with Gasteiger partial charge < -0.3 is 14.8 Å². The molecule has 98 valence electrons. The third-order valence-corrected chi connectivity index (χ3v) is 4.13. The molecule has 1 fully saturated rings. The van der Waals surface area contributed by atoms with Gasteiger partial charge >= 0.3 is 5.97 Å². The lowest BCUT2D eigenvalue weighted by Gasteiger charge is -2.23. The largest absolute Gasteiger partial charge is 0.476 e. The average molecular weight is 250 g/mol. The Balaban J connectivity index is 2.09. The first-order valence-electron chi connectivity index (χ1n) is 6.70. The summed E-state index contributed by atoms with van der Waals surface area (Å²) in [6.07, 6.45) is 5.42. The molecule has 0 spiro atoms. The summed E-state index contributed by atoms with van der Waals surface area (Å²) in [5.41, 5.74) is 0.583. The van der Waals surface area contributed by atoms with Crippen molar-refractivity contribution in [1.82, 2.24) is 9.55 Å². The molecule has 1 atom stereocenters. The van der Waals surface area contributed by atoms with E-state index in [2.05, 4.69) is 4.98 Å². The highest BCUT2D eigenvalue weighted by Gasteiger charge is 2.33. The molecule has 5 nitrogen and oxygen atoms in total. The summed E-state index contributed by atoms with van der Waals surface area (Å²) in [5.74, 6) is 0.241. The Hall–Kier alpha value is -1.36. The molecule has 1 aliphatic carbocycles. The fourth-order valence-electron chi connectivity index (χ4n) is 3.29. The van der Waals surface area contributed by atoms with Crippen LogP contribution in [-0.2, 0) is 6.54 Å². The number of hydrogen-bond donors (Lipinski definition) is 2. The van der Waals surface area contributed by atoms with Crippen molar-refractivity contribution in [2.45, 2.75) is 57.1 Å². The Morgan fingerprint density at radius 2 is 1.94 bits per heavy atom. The van der Waals surface area contributed by atoms with Crippen LogP contribution in [0, 0.1) is 0 Å². The second-order valence-corrected chi connectivity index (χ2v) is 5.30. The summed E-state index contributed by atoms with van der Waals surface area (Å²) in [4.78, 5) is 15.6. The number of hydrogen-bond acceptors (Lipinski definition) is 3. The van der Waals surface area contributed by atoms with Gasteiger partial charge in [-0.1, -0.05) is 12.8 Å². The molecule has 1 aromatic rings. The van der Waals surface area contributed by atoms with Gasteiger partial charge in [-0.2, -0.15) is 0 Å². The van der Waals surface area contributed by atoms with E-state index in [1.165, 1.54) is 12.8 Å². The van der Waals surface area contributed by atoms with Crippen LogP contribution < -0.4 is 0 Å². The van der Waals surface area contributed by atoms with E-state index in [1.807, 2.05) is 4.57 Å². The third-order valence-electron chi connectivity index (χ3n) is 4.13. The quantitative estimate of drug-likeness (QED) is 0.842. The molecule has 1 aliphatic heterocycles. The number of carboxylic acids is 1. The number of aliphatic hydroxyl groups excluding tert-OH is 1. The fraction of sp³-hybridized carbons (Fsp3) is 0.692. The molecule has 0 bridgehead atoms. The first-order chi connectivity index (χ1) is 8.68. The van der Waals surface area contributed by atoms with Gasteiger partial charge in [0.15, 0.2) is 5.69 Å². The third kappa shape index (κ3) is 1.73. The van der Waals surface area contributed by atoms with Crippen LogP contribution in [0.15, 0.2) is 0 Å². The highest BCUT2D eigenvalue weighted by Crippen LogP contribution is 2.38. The molecule has 2 aliphatic rings. The number of aromatic nitrogens is 2. The number of rotatable bonds is 2. The van der Waals surface area contributed by atoms with E-state index >= 15 is 0 Å². The van der Waals surface area contributed by atoms with E-state index in [4.69, 9.17) is 0 Å². The Morgan fingerprint density at radius 3 is 2.61 bits per heavy atom. The van der Waals surface area contributed by atoms with Crippen molar-refractivity contribution < 1.29 is 15.0 Å². The number of carboxylic acid groups (broad SMARTS) is 1. The van der Waals surface area contributed by atoms with Crippen molar-refractivity contribution in [2.24, 2.45) is 0 Å². The van der Waals surface area contributed by atoms with E-state index in [0.717, 1.165) is 31.6 Å². The molecule has 1 unspecified atom stereocenters. The van der Waals surface area contributed by atoms with Crippen LogP contribution in [0.1, 0.15) is 72.6 Å². The van der Waals surface area contributed by atoms with Crippen LogP contribution in [-0.4, -0.2) is 25.7 Å². The van der Waals surface area contributed by atoms with Crippen LogP contribution in [0.25, 0.3) is 0 Å². The van der Waals surface area contributed by atoms with Crippen LogP contribution >= 0.6 is 0 Å². The Bertz CT molecular complexity index is 475. The van der Waals surface area contributed by atoms with Gasteiger partial charge in [0.2, 0.25) is 0 Å². The summed E-state index contributed by atoms with van der Waals surface area (Å²) < 4.78 is 1.97. The molecule has 2 heterocycles. The van der Waals surface area contributed by atoms with Crippen molar-refractivity contribution >= 4 is 5.97 Å². The standard InChI is InChI=1S/C13H18N2O3/c16-9-6-3-7-15-11(9)10(13(17)18)14-12(15)8-4-1-2-5-8/h8-9,16H,1-7H2,(H,17,18). The molecule has 2 N–H and O–H groups in total. The Labute approximate surface area is 105 Å². The molecular weight excluding hydrogens is 232 g/mol. The predicted octanol–water partition coefficient (Wildman–Crippen LogP) is 2.07. The molecule has 3 rings (SSSR count). The number of fused-ring (bicyclic) bond motifs is 1. The number of imidazole rings is 1. The summed E-state index contributed by atoms with van der Waals surface area (Å²) in [6.45, 7) is 0.790. The van der Waals surface area contributed by atoms with Crippen LogP contribution in [0.5, 0.6) is 0 Å². The average Bonchev–Trinajstić information content (AvgIpc) is 2.95. The first kappa shape index (κ1) is 11.7. The summed E-state index contributed by atoms with van der Waals surface area (Å²) in [5, 5.41) is 19.3. The fourth-order valence-corrected chi connectivity index (χ4v) is 3.29. The second-order valence-electron chi connectivity index (χ2n) is 5.30. The van der Waals surface area contributed by atoms with Crippen LogP contribution in [0.3, 0.4) is 0 Å². The Morgan fingerprint density at radius 1 is 1.22 bits per heavy atom. The zero-order valence-electron chi connectivity index (χ0n) is 10.3. The minimum absolute atomic E-state index is 0.0594. The van der Waals surface area contributed by atoms with Crippen molar-refractivity contribution in [1.29, 1.82) is 0 Å². The first-order valence-corrected chi connectivity index (χ1v) is 6.70. The van der Waals surface area contributed by atoms with E-state index in [-0.39, 0.29) is 5.69 Å². The van der Waals surface area contributed by atoms with Gasteiger partial charge in [0, 0.05) is 12.5 Å². The van der Waals surface area contributed by atoms with E-state index in [0.29, 0.717) is 18.0 Å². The predicted molar refractivity (Wildman–Crippen MR) is 64.6 cm³/mol. The van der Waals surface area contributed by atoms with Crippen molar-refractivity contribution in [2.75, 3.05) is 0 Å². The highest BCUT2D eigenvalue weighted by molar-refractivity contribution is 5.87. The van der Waals surface area contributed by atoms with Gasteiger partial charge in [-0.15, -0.1) is 0 Å². The molecule has 0 saturated heterocycles. The zero-order chi connectivity index (χ0) is 12.7. The van der Waals surface area contributed by atoms with Crippen LogP contribution in [0.2, 0.25) is 0 Å². The van der Waals surface area contributed by atoms with Crippen LogP contribution in [0.4, 0.5) is 0 Å². The minimum atomic E-state index is -1.02. The number of aromatic carboxylic acids is 1. The number of carbonyl (C=O) groups is 1. The highest BCUT2D eigenvalue weighted by atomic mass is 16.4. The molecule has 0 radical (unpaired) electrons. The van der Waals surface area contributed by atoms with Gasteiger partial charge in [0.25, 0.3) is 0 Å². The topological polar surface area (TPSA) is 75.3 Å². The van der Waals surface area contributed by atoms with Gasteiger partial charge in [-0.05, 0) is 25.7 Å². The SMILES string of the molecule is O=C(O)c1nc(C2CCCC2)n2c1C(O)CCC2. The molecule has 5 heteroatoms. The van der Waals surface area contributed by atoms with E-state index < -0.39 is 12.1 Å². The lowest BCUT2D eigenvalue weighted by atomic mass is 10.0. The lowest BCUT2D eigenvalue weighted by molar-refractivity contribution is 0.0677. The maximum absolute atomic E-state index is 11.3. The molecule has 1 saturated carbocycles.